The summed E-state index contributed by atoms with van der Waals surface area (Å²) >= 11 is 6.74. The molecule has 1 fully saturated rings. The zero-order valence-electron chi connectivity index (χ0n) is 11.3. The molecule has 1 aliphatic heterocycles. The lowest BCUT2D eigenvalue weighted by atomic mass is 10.2. The van der Waals surface area contributed by atoms with Gasteiger partial charge in [-0.2, -0.15) is 16.1 Å². The Kier molecular flexibility index (Phi) is 5.06. The molecule has 0 aromatic heterocycles. The van der Waals surface area contributed by atoms with Crippen molar-refractivity contribution in [3.05, 3.63) is 29.8 Å². The summed E-state index contributed by atoms with van der Waals surface area (Å²) in [4.78, 5) is 0.479. The summed E-state index contributed by atoms with van der Waals surface area (Å²) in [6.45, 7) is 3.21. The van der Waals surface area contributed by atoms with E-state index in [1.165, 1.54) is 0 Å². The second kappa shape index (κ2) is 6.43. The van der Waals surface area contributed by atoms with Crippen molar-refractivity contribution in [1.82, 2.24) is 4.31 Å². The van der Waals surface area contributed by atoms with Gasteiger partial charge >= 0.3 is 0 Å². The first-order valence-corrected chi connectivity index (χ1v) is 9.36. The van der Waals surface area contributed by atoms with E-state index in [1.54, 1.807) is 28.6 Å². The van der Waals surface area contributed by atoms with E-state index in [0.29, 0.717) is 23.9 Å². The number of thiocarbonyl (C=S) groups is 1. The minimum absolute atomic E-state index is 0.211. The van der Waals surface area contributed by atoms with E-state index < -0.39 is 10.0 Å². The summed E-state index contributed by atoms with van der Waals surface area (Å²) < 4.78 is 26.9. The molecule has 1 aromatic rings. The fourth-order valence-electron chi connectivity index (χ4n) is 2.12. The highest BCUT2D eigenvalue weighted by Crippen LogP contribution is 2.26. The maximum atomic E-state index is 12.7. The minimum atomic E-state index is -3.46. The molecule has 20 heavy (non-hydrogen) atoms. The van der Waals surface area contributed by atoms with Gasteiger partial charge in [-0.1, -0.05) is 31.3 Å². The molecule has 1 aromatic carbocycles. The van der Waals surface area contributed by atoms with E-state index >= 15 is 0 Å². The fourth-order valence-corrected chi connectivity index (χ4v) is 5.17. The number of rotatable bonds is 4. The minimum Gasteiger partial charge on any atom is -0.389 e. The average molecular weight is 331 g/mol. The highest BCUT2D eigenvalue weighted by atomic mass is 32.2. The molecule has 2 N–H and O–H groups in total. The summed E-state index contributed by atoms with van der Waals surface area (Å²) in [6.07, 6.45) is 0.976. The maximum absolute atomic E-state index is 12.7. The largest absolute Gasteiger partial charge is 0.389 e. The molecule has 110 valence electrons. The molecule has 7 heteroatoms. The van der Waals surface area contributed by atoms with Crippen molar-refractivity contribution >= 4 is 39.0 Å². The van der Waals surface area contributed by atoms with Gasteiger partial charge in [0.25, 0.3) is 0 Å². The van der Waals surface area contributed by atoms with Crippen molar-refractivity contribution < 1.29 is 8.42 Å². The lowest BCUT2D eigenvalue weighted by Crippen LogP contribution is -2.41. The number of thioether (sulfide) groups is 1. The van der Waals surface area contributed by atoms with Crippen LogP contribution in [0.4, 0.5) is 0 Å². The second-order valence-electron chi connectivity index (χ2n) is 4.66. The van der Waals surface area contributed by atoms with Gasteiger partial charge in [-0.3, -0.25) is 0 Å². The maximum Gasteiger partial charge on any atom is 0.243 e. The van der Waals surface area contributed by atoms with Gasteiger partial charge in [0.05, 0.1) is 4.90 Å². The topological polar surface area (TPSA) is 63.4 Å². The van der Waals surface area contributed by atoms with Crippen LogP contribution in [0.5, 0.6) is 0 Å². The van der Waals surface area contributed by atoms with Gasteiger partial charge in [-0.05, 0) is 18.6 Å². The Bertz CT molecular complexity index is 601. The Labute approximate surface area is 129 Å². The molecule has 4 nitrogen and oxygen atoms in total. The van der Waals surface area contributed by atoms with E-state index in [0.717, 1.165) is 12.2 Å². The molecule has 0 spiro atoms. The van der Waals surface area contributed by atoms with Crippen molar-refractivity contribution in [2.75, 3.05) is 18.8 Å². The van der Waals surface area contributed by atoms with Gasteiger partial charge in [-0.25, -0.2) is 8.42 Å². The van der Waals surface area contributed by atoms with E-state index in [1.807, 2.05) is 11.8 Å². The molecule has 0 bridgehead atoms. The fraction of sp³-hybridized carbons (Fsp3) is 0.462. The lowest BCUT2D eigenvalue weighted by Gasteiger charge is -2.31. The van der Waals surface area contributed by atoms with E-state index in [4.69, 9.17) is 18.0 Å². The van der Waals surface area contributed by atoms with Crippen LogP contribution in [0.3, 0.4) is 0 Å². The van der Waals surface area contributed by atoms with Crippen molar-refractivity contribution in [2.45, 2.75) is 23.5 Å². The summed E-state index contributed by atoms with van der Waals surface area (Å²) in [7, 11) is -3.46. The van der Waals surface area contributed by atoms with Crippen molar-refractivity contribution in [3.63, 3.8) is 0 Å². The van der Waals surface area contributed by atoms with Gasteiger partial charge in [0.15, 0.2) is 0 Å². The van der Waals surface area contributed by atoms with Crippen LogP contribution in [-0.4, -0.2) is 41.8 Å². The number of sulfonamides is 1. The van der Waals surface area contributed by atoms with Gasteiger partial charge < -0.3 is 5.73 Å². The number of nitrogens with zero attached hydrogens (tertiary/aromatic N) is 1. The van der Waals surface area contributed by atoms with E-state index in [9.17, 15) is 8.42 Å². The predicted molar refractivity (Wildman–Crippen MR) is 87.6 cm³/mol. The third kappa shape index (κ3) is 3.33. The van der Waals surface area contributed by atoms with Crippen LogP contribution >= 0.6 is 24.0 Å². The van der Waals surface area contributed by atoms with Gasteiger partial charge in [0, 0.05) is 29.7 Å². The van der Waals surface area contributed by atoms with Crippen LogP contribution in [0.1, 0.15) is 18.9 Å². The monoisotopic (exact) mass is 330 g/mol. The van der Waals surface area contributed by atoms with Crippen molar-refractivity contribution in [2.24, 2.45) is 5.73 Å². The van der Waals surface area contributed by atoms with Crippen LogP contribution in [0.25, 0.3) is 0 Å². The number of benzene rings is 1. The Hall–Kier alpha value is -0.630. The number of hydrogen-bond donors (Lipinski definition) is 1. The third-order valence-electron chi connectivity index (χ3n) is 3.31. The molecule has 0 amide bonds. The first-order chi connectivity index (χ1) is 9.45. The Morgan fingerprint density at radius 1 is 1.55 bits per heavy atom. The molecule has 0 radical (unpaired) electrons. The standard InChI is InChI=1S/C13H18N2O2S3/c1-2-11-9-15(6-7-19-11)20(16,17)12-5-3-4-10(8-12)13(14)18/h3-5,8,11H,2,6-7,9H2,1H3,(H2,14,18). The van der Waals surface area contributed by atoms with Gasteiger partial charge in [0.2, 0.25) is 10.0 Å². The summed E-state index contributed by atoms with van der Waals surface area (Å²) in [5.41, 5.74) is 6.15. The van der Waals surface area contributed by atoms with E-state index in [2.05, 4.69) is 6.92 Å². The summed E-state index contributed by atoms with van der Waals surface area (Å²) in [6, 6.07) is 6.56. The van der Waals surface area contributed by atoms with Gasteiger partial charge in [0.1, 0.15) is 4.99 Å². The van der Waals surface area contributed by atoms with Crippen LogP contribution in [0.2, 0.25) is 0 Å². The molecule has 0 aliphatic carbocycles. The molecular formula is C13H18N2O2S3. The van der Waals surface area contributed by atoms with Crippen molar-refractivity contribution in [1.29, 1.82) is 0 Å². The second-order valence-corrected chi connectivity index (χ2v) is 8.44. The third-order valence-corrected chi connectivity index (χ3v) is 6.78. The van der Waals surface area contributed by atoms with Crippen LogP contribution < -0.4 is 5.73 Å². The van der Waals surface area contributed by atoms with E-state index in [-0.39, 0.29) is 9.88 Å². The van der Waals surface area contributed by atoms with Crippen LogP contribution in [-0.2, 0) is 10.0 Å². The van der Waals surface area contributed by atoms with Crippen LogP contribution in [0, 0.1) is 0 Å². The van der Waals surface area contributed by atoms with Crippen LogP contribution in [0.15, 0.2) is 29.2 Å². The highest BCUT2D eigenvalue weighted by molar-refractivity contribution is 8.00. The predicted octanol–water partition coefficient (Wildman–Crippen LogP) is 1.84. The summed E-state index contributed by atoms with van der Waals surface area (Å²) in [5, 5.41) is 0.372. The van der Waals surface area contributed by atoms with Crippen molar-refractivity contribution in [3.8, 4) is 0 Å². The zero-order valence-corrected chi connectivity index (χ0v) is 13.7. The molecule has 2 rings (SSSR count). The average Bonchev–Trinajstić information content (AvgIpc) is 2.47. The molecule has 1 heterocycles. The zero-order chi connectivity index (χ0) is 14.8. The summed E-state index contributed by atoms with van der Waals surface area (Å²) in [5.74, 6) is 0.840. The smallest absolute Gasteiger partial charge is 0.243 e. The molecular weight excluding hydrogens is 312 g/mol. The Balaban J connectivity index is 2.30. The van der Waals surface area contributed by atoms with Gasteiger partial charge in [-0.15, -0.1) is 0 Å². The number of hydrogen-bond acceptors (Lipinski definition) is 4. The lowest BCUT2D eigenvalue weighted by molar-refractivity contribution is 0.416. The molecule has 1 saturated heterocycles. The first-order valence-electron chi connectivity index (χ1n) is 6.46. The first kappa shape index (κ1) is 15.8. The molecule has 1 atom stereocenters. The number of nitrogens with two attached hydrogens (primary N) is 1. The molecule has 1 unspecified atom stereocenters. The Morgan fingerprint density at radius 3 is 2.95 bits per heavy atom. The Morgan fingerprint density at radius 2 is 2.30 bits per heavy atom. The SMILES string of the molecule is CCC1CN(S(=O)(=O)c2cccc(C(N)=S)c2)CCS1. The molecule has 1 aliphatic rings. The quantitative estimate of drug-likeness (QED) is 0.854. The molecule has 0 saturated carbocycles. The normalized spacial score (nSPS) is 20.8. The highest BCUT2D eigenvalue weighted by Gasteiger charge is 2.30.